The Morgan fingerprint density at radius 1 is 1.17 bits per heavy atom. The van der Waals surface area contributed by atoms with Crippen LogP contribution in [-0.2, 0) is 6.54 Å². The molecular weight excluding hydrogens is 386 g/mol. The quantitative estimate of drug-likeness (QED) is 0.504. The second-order valence-electron chi connectivity index (χ2n) is 7.02. The zero-order valence-electron chi connectivity index (χ0n) is 17.2. The Balaban J connectivity index is 1.79. The number of aromatic nitrogens is 5. The molecule has 4 rings (SSSR count). The van der Waals surface area contributed by atoms with Crippen LogP contribution < -0.4 is 9.47 Å². The van der Waals surface area contributed by atoms with E-state index in [9.17, 15) is 10.2 Å². The van der Waals surface area contributed by atoms with Gasteiger partial charge in [0.1, 0.15) is 0 Å². The van der Waals surface area contributed by atoms with E-state index in [4.69, 9.17) is 14.5 Å². The molecule has 1 atom stereocenters. The fourth-order valence-electron chi connectivity index (χ4n) is 3.46. The van der Waals surface area contributed by atoms with Crippen LogP contribution in [0.3, 0.4) is 0 Å². The average Bonchev–Trinajstić information content (AvgIpc) is 3.28. The van der Waals surface area contributed by atoms with Crippen LogP contribution in [0.5, 0.6) is 17.5 Å². The second-order valence-corrected chi connectivity index (χ2v) is 7.02. The third kappa shape index (κ3) is 3.33. The highest BCUT2D eigenvalue weighted by Gasteiger charge is 2.19. The summed E-state index contributed by atoms with van der Waals surface area (Å²) in [6, 6.07) is 7.23. The third-order valence-electron chi connectivity index (χ3n) is 4.86. The number of ether oxygens (including phenoxy) is 2. The number of aliphatic hydroxyl groups is 1. The predicted molar refractivity (Wildman–Crippen MR) is 111 cm³/mol. The predicted octanol–water partition coefficient (Wildman–Crippen LogP) is 2.70. The molecule has 0 spiro atoms. The topological polar surface area (TPSA) is 107 Å². The standard InChI is InChI=1S/C21H23N5O4/c1-12(27)11-25-8-7-18(24-25)26-13(2)19-15(21(26)28)5-6-16(23-19)14-9-17(29-3)20(30-4)22-10-14/h5-10,12,27-28H,11H2,1-4H3/t12-/m1/s1. The molecule has 156 valence electrons. The van der Waals surface area contributed by atoms with Gasteiger partial charge in [-0.15, -0.1) is 0 Å². The van der Waals surface area contributed by atoms with E-state index in [1.165, 1.54) is 7.11 Å². The zero-order chi connectivity index (χ0) is 21.4. The van der Waals surface area contributed by atoms with E-state index >= 15 is 0 Å². The monoisotopic (exact) mass is 409 g/mol. The summed E-state index contributed by atoms with van der Waals surface area (Å²) in [4.78, 5) is 9.01. The molecular formula is C21H23N5O4. The summed E-state index contributed by atoms with van der Waals surface area (Å²) in [6.07, 6.45) is 2.91. The number of methoxy groups -OCH3 is 2. The van der Waals surface area contributed by atoms with Gasteiger partial charge in [-0.2, -0.15) is 5.10 Å². The normalized spacial score (nSPS) is 12.3. The molecule has 2 N–H and O–H groups in total. The van der Waals surface area contributed by atoms with Crippen LogP contribution in [0.15, 0.2) is 36.7 Å². The summed E-state index contributed by atoms with van der Waals surface area (Å²) in [5.41, 5.74) is 2.86. The lowest BCUT2D eigenvalue weighted by atomic mass is 10.1. The molecule has 0 amide bonds. The van der Waals surface area contributed by atoms with Crippen molar-refractivity contribution in [3.8, 4) is 34.6 Å². The van der Waals surface area contributed by atoms with Crippen LogP contribution in [0.1, 0.15) is 12.6 Å². The summed E-state index contributed by atoms with van der Waals surface area (Å²) in [5.74, 6) is 1.53. The van der Waals surface area contributed by atoms with Crippen LogP contribution in [-0.4, -0.2) is 54.9 Å². The van der Waals surface area contributed by atoms with Gasteiger partial charge in [0.25, 0.3) is 5.88 Å². The molecule has 0 aliphatic heterocycles. The number of aryl methyl sites for hydroxylation is 1. The maximum atomic E-state index is 10.8. The molecule has 30 heavy (non-hydrogen) atoms. The molecule has 0 unspecified atom stereocenters. The van der Waals surface area contributed by atoms with Crippen LogP contribution in [0.25, 0.3) is 28.0 Å². The Kier molecular flexibility index (Phi) is 5.04. The molecule has 0 aromatic carbocycles. The molecule has 4 heterocycles. The van der Waals surface area contributed by atoms with Gasteiger partial charge < -0.3 is 19.7 Å². The molecule has 9 nitrogen and oxygen atoms in total. The van der Waals surface area contributed by atoms with Gasteiger partial charge in [-0.1, -0.05) is 0 Å². The molecule has 0 saturated carbocycles. The number of hydrogen-bond donors (Lipinski definition) is 2. The number of rotatable bonds is 6. The van der Waals surface area contributed by atoms with Gasteiger partial charge >= 0.3 is 0 Å². The minimum atomic E-state index is -0.518. The van der Waals surface area contributed by atoms with Crippen molar-refractivity contribution in [3.63, 3.8) is 0 Å². The number of aliphatic hydroxyl groups excluding tert-OH is 1. The van der Waals surface area contributed by atoms with Crippen molar-refractivity contribution in [2.24, 2.45) is 0 Å². The van der Waals surface area contributed by atoms with Gasteiger partial charge in [-0.3, -0.25) is 9.25 Å². The van der Waals surface area contributed by atoms with Gasteiger partial charge in [0.05, 0.1) is 49.2 Å². The Bertz CT molecular complexity index is 1210. The maximum Gasteiger partial charge on any atom is 0.256 e. The molecule has 0 saturated heterocycles. The van der Waals surface area contributed by atoms with E-state index in [-0.39, 0.29) is 5.88 Å². The molecule has 0 aliphatic rings. The number of nitrogens with zero attached hydrogens (tertiary/aromatic N) is 5. The van der Waals surface area contributed by atoms with Gasteiger partial charge in [0, 0.05) is 24.0 Å². The molecule has 0 bridgehead atoms. The zero-order valence-corrected chi connectivity index (χ0v) is 17.2. The van der Waals surface area contributed by atoms with E-state index in [2.05, 4.69) is 10.1 Å². The fraction of sp³-hybridized carbons (Fsp3) is 0.286. The smallest absolute Gasteiger partial charge is 0.256 e. The van der Waals surface area contributed by atoms with Gasteiger partial charge in [-0.05, 0) is 32.0 Å². The van der Waals surface area contributed by atoms with Crippen LogP contribution in [0, 0.1) is 6.92 Å². The Hall–Kier alpha value is -3.59. The Morgan fingerprint density at radius 3 is 2.67 bits per heavy atom. The van der Waals surface area contributed by atoms with Crippen molar-refractivity contribution in [3.05, 3.63) is 42.4 Å². The first-order valence-electron chi connectivity index (χ1n) is 9.44. The minimum absolute atomic E-state index is 0.0642. The van der Waals surface area contributed by atoms with Crippen LogP contribution in [0.4, 0.5) is 0 Å². The van der Waals surface area contributed by atoms with Crippen LogP contribution in [0.2, 0.25) is 0 Å². The van der Waals surface area contributed by atoms with Crippen molar-refractivity contribution < 1.29 is 19.7 Å². The molecule has 0 fully saturated rings. The van der Waals surface area contributed by atoms with E-state index in [0.29, 0.717) is 40.6 Å². The SMILES string of the molecule is COc1cc(-c2ccc3c(O)n(-c4ccn(C[C@@H](C)O)n4)c(C)c3n2)cnc1OC. The van der Waals surface area contributed by atoms with Gasteiger partial charge in [0.2, 0.25) is 5.88 Å². The second kappa shape index (κ2) is 7.68. The molecule has 9 heteroatoms. The number of fused-ring (bicyclic) bond motifs is 1. The number of pyridine rings is 2. The highest BCUT2D eigenvalue weighted by atomic mass is 16.5. The molecule has 4 aromatic rings. The first kappa shape index (κ1) is 19.7. The first-order chi connectivity index (χ1) is 14.4. The third-order valence-corrected chi connectivity index (χ3v) is 4.86. The van der Waals surface area contributed by atoms with E-state index < -0.39 is 6.10 Å². The number of aromatic hydroxyl groups is 1. The first-order valence-corrected chi connectivity index (χ1v) is 9.44. The summed E-state index contributed by atoms with van der Waals surface area (Å²) < 4.78 is 13.8. The largest absolute Gasteiger partial charge is 0.494 e. The lowest BCUT2D eigenvalue weighted by molar-refractivity contribution is 0.168. The van der Waals surface area contributed by atoms with E-state index in [1.807, 2.05) is 25.1 Å². The van der Waals surface area contributed by atoms with Crippen molar-refractivity contribution >= 4 is 10.9 Å². The van der Waals surface area contributed by atoms with Gasteiger partial charge in [0.15, 0.2) is 11.6 Å². The van der Waals surface area contributed by atoms with Crippen molar-refractivity contribution in [1.29, 1.82) is 0 Å². The summed E-state index contributed by atoms with van der Waals surface area (Å²) >= 11 is 0. The molecule has 0 aliphatic carbocycles. The van der Waals surface area contributed by atoms with Crippen molar-refractivity contribution in [2.75, 3.05) is 14.2 Å². The Labute approximate surface area is 173 Å². The lowest BCUT2D eigenvalue weighted by Crippen LogP contribution is -2.12. The summed E-state index contributed by atoms with van der Waals surface area (Å²) in [6.45, 7) is 3.94. The highest BCUT2D eigenvalue weighted by Crippen LogP contribution is 2.35. The fourth-order valence-corrected chi connectivity index (χ4v) is 3.46. The van der Waals surface area contributed by atoms with E-state index in [1.54, 1.807) is 41.7 Å². The molecule has 4 aromatic heterocycles. The lowest BCUT2D eigenvalue weighted by Gasteiger charge is -2.08. The molecule has 0 radical (unpaired) electrons. The minimum Gasteiger partial charge on any atom is -0.494 e. The summed E-state index contributed by atoms with van der Waals surface area (Å²) in [7, 11) is 3.09. The summed E-state index contributed by atoms with van der Waals surface area (Å²) in [5, 5.41) is 25.4. The highest BCUT2D eigenvalue weighted by molar-refractivity contribution is 5.90. The average molecular weight is 409 g/mol. The van der Waals surface area contributed by atoms with Crippen LogP contribution >= 0.6 is 0 Å². The van der Waals surface area contributed by atoms with E-state index in [0.717, 1.165) is 11.3 Å². The maximum absolute atomic E-state index is 10.8. The van der Waals surface area contributed by atoms with Crippen molar-refractivity contribution in [2.45, 2.75) is 26.5 Å². The van der Waals surface area contributed by atoms with Crippen molar-refractivity contribution in [1.82, 2.24) is 24.3 Å². The van der Waals surface area contributed by atoms with Gasteiger partial charge in [-0.25, -0.2) is 9.97 Å². The Morgan fingerprint density at radius 2 is 1.97 bits per heavy atom. The number of hydrogen-bond acceptors (Lipinski definition) is 7.